The molecular formula is C17H26BrN3O4. The fraction of sp³-hybridized carbons (Fsp3) is 0.647. The van der Waals surface area contributed by atoms with Crippen molar-refractivity contribution in [1.82, 2.24) is 15.2 Å². The topological polar surface area (TPSA) is 81.6 Å². The van der Waals surface area contributed by atoms with Crippen LogP contribution >= 0.6 is 15.9 Å². The number of carbonyl (C=O) groups is 2. The van der Waals surface area contributed by atoms with Gasteiger partial charge in [-0.15, -0.1) is 0 Å². The van der Waals surface area contributed by atoms with E-state index in [0.29, 0.717) is 0 Å². The van der Waals surface area contributed by atoms with E-state index in [0.717, 1.165) is 40.8 Å². The lowest BCUT2D eigenvalue weighted by molar-refractivity contribution is 0.129. The summed E-state index contributed by atoms with van der Waals surface area (Å²) in [5.41, 5.74) is 2.90. The van der Waals surface area contributed by atoms with Gasteiger partial charge >= 0.3 is 12.2 Å². The van der Waals surface area contributed by atoms with Crippen LogP contribution < -0.4 is 10.6 Å². The molecule has 0 aromatic carbocycles. The summed E-state index contributed by atoms with van der Waals surface area (Å²) < 4.78 is 13.7. The van der Waals surface area contributed by atoms with Crippen molar-refractivity contribution in [1.29, 1.82) is 0 Å². The van der Waals surface area contributed by atoms with E-state index >= 15 is 0 Å². The van der Waals surface area contributed by atoms with Gasteiger partial charge in [-0.2, -0.15) is 0 Å². The van der Waals surface area contributed by atoms with Crippen LogP contribution in [0.1, 0.15) is 50.9 Å². The van der Waals surface area contributed by atoms with Gasteiger partial charge in [-0.3, -0.25) is 0 Å². The number of fused-ring (bicyclic) bond motifs is 1. The molecule has 25 heavy (non-hydrogen) atoms. The number of hydrogen-bond donors (Lipinski definition) is 2. The van der Waals surface area contributed by atoms with Crippen molar-refractivity contribution in [2.75, 3.05) is 0 Å². The van der Waals surface area contributed by atoms with Crippen LogP contribution in [0.15, 0.2) is 4.60 Å². The Hall–Kier alpha value is -1.70. The molecule has 1 aliphatic heterocycles. The molecule has 0 aliphatic carbocycles. The van der Waals surface area contributed by atoms with E-state index in [1.165, 1.54) is 0 Å². The Morgan fingerprint density at radius 3 is 2.08 bits per heavy atom. The molecule has 1 aromatic heterocycles. The number of nitrogens with one attached hydrogen (secondary N) is 2. The van der Waals surface area contributed by atoms with Crippen molar-refractivity contribution in [3.63, 3.8) is 0 Å². The van der Waals surface area contributed by atoms with Gasteiger partial charge in [0.1, 0.15) is 13.2 Å². The number of rotatable bonds is 6. The van der Waals surface area contributed by atoms with Gasteiger partial charge in [0.05, 0.1) is 4.60 Å². The number of alkyl carbamates (subject to hydrolysis) is 2. The van der Waals surface area contributed by atoms with Crippen molar-refractivity contribution in [2.45, 2.75) is 72.4 Å². The van der Waals surface area contributed by atoms with Gasteiger partial charge < -0.3 is 24.7 Å². The summed E-state index contributed by atoms with van der Waals surface area (Å²) in [5, 5.41) is 5.40. The molecule has 140 valence electrons. The van der Waals surface area contributed by atoms with Crippen molar-refractivity contribution in [3.05, 3.63) is 21.4 Å². The molecule has 7 nitrogen and oxygen atoms in total. The molecule has 2 amide bonds. The van der Waals surface area contributed by atoms with Crippen molar-refractivity contribution >= 4 is 28.1 Å². The third-order valence-electron chi connectivity index (χ3n) is 3.83. The largest absolute Gasteiger partial charge is 0.445 e. The van der Waals surface area contributed by atoms with Gasteiger partial charge in [-0.1, -0.05) is 0 Å². The van der Waals surface area contributed by atoms with E-state index in [1.54, 1.807) is 0 Å². The molecule has 0 fully saturated rings. The lowest BCUT2D eigenvalue weighted by atomic mass is 10.1. The van der Waals surface area contributed by atoms with Crippen LogP contribution in [-0.2, 0) is 35.7 Å². The monoisotopic (exact) mass is 415 g/mol. The van der Waals surface area contributed by atoms with Crippen LogP contribution in [0.25, 0.3) is 0 Å². The Kier molecular flexibility index (Phi) is 6.75. The standard InChI is InChI=1S/C17H26BrN3O4/c1-10(2)19-16(22)24-8-12-13(9-25-17(23)20-11(3)4)15(18)21-7-5-6-14(12)21/h10-11H,5-9H2,1-4H3,(H,19,22)(H,20,23). The number of ether oxygens (including phenoxy) is 2. The highest BCUT2D eigenvalue weighted by molar-refractivity contribution is 9.10. The van der Waals surface area contributed by atoms with Gasteiger partial charge in [0.15, 0.2) is 0 Å². The highest BCUT2D eigenvalue weighted by Gasteiger charge is 2.26. The second-order valence-corrected chi connectivity index (χ2v) is 7.45. The van der Waals surface area contributed by atoms with E-state index in [9.17, 15) is 9.59 Å². The Morgan fingerprint density at radius 2 is 1.56 bits per heavy atom. The Balaban J connectivity index is 2.10. The normalized spacial score (nSPS) is 13.1. The molecule has 0 unspecified atom stereocenters. The zero-order chi connectivity index (χ0) is 18.6. The molecule has 0 saturated heterocycles. The van der Waals surface area contributed by atoms with E-state index in [2.05, 4.69) is 31.1 Å². The maximum atomic E-state index is 11.8. The molecular weight excluding hydrogens is 390 g/mol. The second-order valence-electron chi connectivity index (χ2n) is 6.70. The average Bonchev–Trinajstić information content (AvgIpc) is 3.05. The fourth-order valence-corrected chi connectivity index (χ4v) is 3.56. The number of halogens is 1. The first-order chi connectivity index (χ1) is 11.8. The second kappa shape index (κ2) is 8.60. The number of aromatic nitrogens is 1. The van der Waals surface area contributed by atoms with Gasteiger partial charge in [0, 0.05) is 35.4 Å². The molecule has 2 rings (SSSR count). The third kappa shape index (κ3) is 5.14. The fourth-order valence-electron chi connectivity index (χ4n) is 2.81. The van der Waals surface area contributed by atoms with Gasteiger partial charge in [0.25, 0.3) is 0 Å². The summed E-state index contributed by atoms with van der Waals surface area (Å²) in [7, 11) is 0. The smallest absolute Gasteiger partial charge is 0.407 e. The molecule has 0 radical (unpaired) electrons. The van der Waals surface area contributed by atoms with E-state index in [1.807, 2.05) is 27.7 Å². The number of hydrogen-bond acceptors (Lipinski definition) is 4. The summed E-state index contributed by atoms with van der Waals surface area (Å²) in [6, 6.07) is 0.0269. The van der Waals surface area contributed by atoms with Crippen LogP contribution in [0.4, 0.5) is 9.59 Å². The molecule has 8 heteroatoms. The van der Waals surface area contributed by atoms with Crippen molar-refractivity contribution in [2.24, 2.45) is 0 Å². The Bertz CT molecular complexity index is 640. The molecule has 1 aromatic rings. The molecule has 2 heterocycles. The van der Waals surface area contributed by atoms with Crippen LogP contribution in [0.3, 0.4) is 0 Å². The maximum absolute atomic E-state index is 11.8. The summed E-state index contributed by atoms with van der Waals surface area (Å²) >= 11 is 3.60. The van der Waals surface area contributed by atoms with Crippen LogP contribution in [0.5, 0.6) is 0 Å². The van der Waals surface area contributed by atoms with E-state index in [-0.39, 0.29) is 25.3 Å². The van der Waals surface area contributed by atoms with E-state index < -0.39 is 12.2 Å². The lowest BCUT2D eigenvalue weighted by Gasteiger charge is -2.12. The summed E-state index contributed by atoms with van der Waals surface area (Å²) in [4.78, 5) is 23.5. The minimum Gasteiger partial charge on any atom is -0.445 e. The Morgan fingerprint density at radius 1 is 1.04 bits per heavy atom. The first kappa shape index (κ1) is 19.6. The zero-order valence-electron chi connectivity index (χ0n) is 15.1. The van der Waals surface area contributed by atoms with E-state index in [4.69, 9.17) is 9.47 Å². The summed E-state index contributed by atoms with van der Waals surface area (Å²) in [6.07, 6.45) is 1.06. The van der Waals surface area contributed by atoms with Gasteiger partial charge in [0.2, 0.25) is 0 Å². The quantitative estimate of drug-likeness (QED) is 0.744. The highest BCUT2D eigenvalue weighted by atomic mass is 79.9. The third-order valence-corrected chi connectivity index (χ3v) is 4.73. The molecule has 2 N–H and O–H groups in total. The summed E-state index contributed by atoms with van der Waals surface area (Å²) in [5.74, 6) is 0. The first-order valence-corrected chi connectivity index (χ1v) is 9.34. The summed E-state index contributed by atoms with van der Waals surface area (Å²) in [6.45, 7) is 8.68. The Labute approximate surface area is 156 Å². The predicted molar refractivity (Wildman–Crippen MR) is 97.4 cm³/mol. The molecule has 0 spiro atoms. The number of amides is 2. The minimum absolute atomic E-state index is 0.0116. The predicted octanol–water partition coefficient (Wildman–Crippen LogP) is 3.47. The van der Waals surface area contributed by atoms with Crippen LogP contribution in [0.2, 0.25) is 0 Å². The van der Waals surface area contributed by atoms with Crippen LogP contribution in [0, 0.1) is 0 Å². The van der Waals surface area contributed by atoms with Crippen molar-refractivity contribution < 1.29 is 19.1 Å². The zero-order valence-corrected chi connectivity index (χ0v) is 16.7. The molecule has 0 saturated carbocycles. The first-order valence-electron chi connectivity index (χ1n) is 8.54. The van der Waals surface area contributed by atoms with Gasteiger partial charge in [-0.05, 0) is 56.5 Å². The lowest BCUT2D eigenvalue weighted by Crippen LogP contribution is -2.31. The van der Waals surface area contributed by atoms with Gasteiger partial charge in [-0.25, -0.2) is 9.59 Å². The number of nitrogens with zero attached hydrogens (tertiary/aromatic N) is 1. The van der Waals surface area contributed by atoms with Crippen LogP contribution in [-0.4, -0.2) is 28.8 Å². The molecule has 0 atom stereocenters. The SMILES string of the molecule is CC(C)NC(=O)OCc1c(COC(=O)NC(C)C)c2n(c1Br)CCC2. The highest BCUT2D eigenvalue weighted by Crippen LogP contribution is 2.34. The minimum atomic E-state index is -0.460. The molecule has 1 aliphatic rings. The maximum Gasteiger partial charge on any atom is 0.407 e. The number of carbonyl (C=O) groups excluding carboxylic acids is 2. The average molecular weight is 416 g/mol. The molecule has 0 bridgehead atoms. The van der Waals surface area contributed by atoms with Crippen molar-refractivity contribution in [3.8, 4) is 0 Å².